The maximum Gasteiger partial charge on any atom is 0.118 e. The summed E-state index contributed by atoms with van der Waals surface area (Å²) in [5, 5.41) is 0. The number of rotatable bonds is 5. The molecule has 17 heavy (non-hydrogen) atoms. The molecule has 2 aromatic heterocycles. The molecule has 2 heterocycles. The molecule has 0 aliphatic heterocycles. The van der Waals surface area contributed by atoms with Crippen molar-refractivity contribution >= 4 is 0 Å². The zero-order chi connectivity index (χ0) is 12.3. The summed E-state index contributed by atoms with van der Waals surface area (Å²) in [6.07, 6.45) is 1.71. The molecular formula is C13H18N2O2. The van der Waals surface area contributed by atoms with E-state index in [1.807, 2.05) is 32.2 Å². The number of hydrogen-bond donors (Lipinski definition) is 1. The van der Waals surface area contributed by atoms with Gasteiger partial charge >= 0.3 is 0 Å². The lowest BCUT2D eigenvalue weighted by Crippen LogP contribution is -2.16. The predicted octanol–water partition coefficient (Wildman–Crippen LogP) is 2.27. The van der Waals surface area contributed by atoms with Crippen molar-refractivity contribution in [1.29, 1.82) is 0 Å². The van der Waals surface area contributed by atoms with E-state index in [0.29, 0.717) is 6.54 Å². The van der Waals surface area contributed by atoms with Gasteiger partial charge in [0.2, 0.25) is 0 Å². The van der Waals surface area contributed by atoms with Crippen LogP contribution in [0.5, 0.6) is 0 Å². The molecule has 0 atom stereocenters. The average molecular weight is 234 g/mol. The first-order valence-electron chi connectivity index (χ1n) is 5.67. The molecule has 4 nitrogen and oxygen atoms in total. The topological polar surface area (TPSA) is 55.5 Å². The molecule has 0 spiro atoms. The molecule has 2 aromatic rings. The van der Waals surface area contributed by atoms with Crippen molar-refractivity contribution in [2.24, 2.45) is 5.73 Å². The summed E-state index contributed by atoms with van der Waals surface area (Å²) in [5.74, 6) is 2.84. The lowest BCUT2D eigenvalue weighted by Gasteiger charge is -2.12. The summed E-state index contributed by atoms with van der Waals surface area (Å²) >= 11 is 0. The summed E-state index contributed by atoms with van der Waals surface area (Å²) < 4.78 is 10.9. The van der Waals surface area contributed by atoms with E-state index in [1.54, 1.807) is 6.26 Å². The molecule has 0 aromatic carbocycles. The van der Waals surface area contributed by atoms with Crippen LogP contribution < -0.4 is 5.73 Å². The number of hydrogen-bond acceptors (Lipinski definition) is 4. The van der Waals surface area contributed by atoms with Crippen LogP contribution in [0, 0.1) is 6.92 Å². The minimum atomic E-state index is 0.518. The molecule has 0 saturated heterocycles. The Morgan fingerprint density at radius 1 is 1.24 bits per heavy atom. The van der Waals surface area contributed by atoms with Crippen LogP contribution >= 0.6 is 0 Å². The van der Waals surface area contributed by atoms with Crippen LogP contribution in [0.4, 0.5) is 0 Å². The third kappa shape index (κ3) is 3.22. The quantitative estimate of drug-likeness (QED) is 0.862. The molecule has 0 aliphatic carbocycles. The minimum absolute atomic E-state index is 0.518. The fourth-order valence-electron chi connectivity index (χ4n) is 1.77. The molecule has 2 rings (SSSR count). The van der Waals surface area contributed by atoms with Gasteiger partial charge in [-0.3, -0.25) is 4.90 Å². The van der Waals surface area contributed by atoms with Crippen molar-refractivity contribution in [2.45, 2.75) is 26.6 Å². The largest absolute Gasteiger partial charge is 0.468 e. The van der Waals surface area contributed by atoms with Gasteiger partial charge in [-0.1, -0.05) is 0 Å². The van der Waals surface area contributed by atoms with Gasteiger partial charge in [0.15, 0.2) is 0 Å². The minimum Gasteiger partial charge on any atom is -0.468 e. The highest BCUT2D eigenvalue weighted by Crippen LogP contribution is 2.13. The van der Waals surface area contributed by atoms with E-state index in [0.717, 1.165) is 35.9 Å². The Kier molecular flexibility index (Phi) is 3.66. The van der Waals surface area contributed by atoms with Crippen LogP contribution in [0.3, 0.4) is 0 Å². The molecule has 0 aliphatic rings. The first-order chi connectivity index (χ1) is 8.17. The highest BCUT2D eigenvalue weighted by Gasteiger charge is 2.07. The van der Waals surface area contributed by atoms with Gasteiger partial charge in [0.05, 0.1) is 19.4 Å². The smallest absolute Gasteiger partial charge is 0.118 e. The maximum atomic E-state index is 5.53. The second kappa shape index (κ2) is 5.21. The zero-order valence-corrected chi connectivity index (χ0v) is 10.3. The molecular weight excluding hydrogens is 216 g/mol. The van der Waals surface area contributed by atoms with Crippen molar-refractivity contribution in [3.8, 4) is 0 Å². The van der Waals surface area contributed by atoms with E-state index in [1.165, 1.54) is 0 Å². The number of aryl methyl sites for hydroxylation is 1. The summed E-state index contributed by atoms with van der Waals surface area (Å²) in [5.41, 5.74) is 6.56. The van der Waals surface area contributed by atoms with E-state index in [2.05, 4.69) is 4.90 Å². The lowest BCUT2D eigenvalue weighted by atomic mass is 10.3. The van der Waals surface area contributed by atoms with E-state index in [-0.39, 0.29) is 0 Å². The van der Waals surface area contributed by atoms with E-state index < -0.39 is 0 Å². The molecule has 0 unspecified atom stereocenters. The highest BCUT2D eigenvalue weighted by atomic mass is 16.3. The second-order valence-corrected chi connectivity index (χ2v) is 4.31. The van der Waals surface area contributed by atoms with Crippen LogP contribution in [0.25, 0.3) is 0 Å². The van der Waals surface area contributed by atoms with Gasteiger partial charge in [0.1, 0.15) is 17.3 Å². The molecule has 0 bridgehead atoms. The number of nitrogens with two attached hydrogens (primary N) is 1. The van der Waals surface area contributed by atoms with Gasteiger partial charge in [-0.15, -0.1) is 0 Å². The SMILES string of the molecule is Cc1ccc(CN(C)Cc2cc(CN)co2)o1. The Morgan fingerprint density at radius 2 is 2.00 bits per heavy atom. The van der Waals surface area contributed by atoms with Crippen molar-refractivity contribution in [3.63, 3.8) is 0 Å². The Hall–Kier alpha value is -1.52. The number of furan rings is 2. The van der Waals surface area contributed by atoms with Gasteiger partial charge in [0, 0.05) is 12.1 Å². The fraction of sp³-hybridized carbons (Fsp3) is 0.385. The standard InChI is InChI=1S/C13H18N2O2/c1-10-3-4-12(17-10)7-15(2)8-13-5-11(6-14)9-16-13/h3-5,9H,6-8,14H2,1-2H3. The maximum absolute atomic E-state index is 5.53. The monoisotopic (exact) mass is 234 g/mol. The Balaban J connectivity index is 1.90. The van der Waals surface area contributed by atoms with Crippen LogP contribution in [-0.2, 0) is 19.6 Å². The van der Waals surface area contributed by atoms with Crippen molar-refractivity contribution in [1.82, 2.24) is 4.90 Å². The van der Waals surface area contributed by atoms with Gasteiger partial charge < -0.3 is 14.6 Å². The normalized spacial score (nSPS) is 11.3. The van der Waals surface area contributed by atoms with Crippen molar-refractivity contribution in [2.75, 3.05) is 7.05 Å². The highest BCUT2D eigenvalue weighted by molar-refractivity contribution is 5.12. The molecule has 0 saturated carbocycles. The fourth-order valence-corrected chi connectivity index (χ4v) is 1.77. The van der Waals surface area contributed by atoms with E-state index >= 15 is 0 Å². The summed E-state index contributed by atoms with van der Waals surface area (Å²) in [6, 6.07) is 5.96. The third-order valence-electron chi connectivity index (χ3n) is 2.59. The molecule has 0 amide bonds. The molecule has 4 heteroatoms. The first-order valence-corrected chi connectivity index (χ1v) is 5.67. The third-order valence-corrected chi connectivity index (χ3v) is 2.59. The Labute approximate surface area is 101 Å². The van der Waals surface area contributed by atoms with Crippen LogP contribution in [-0.4, -0.2) is 11.9 Å². The van der Waals surface area contributed by atoms with Crippen LogP contribution in [0.15, 0.2) is 33.3 Å². The molecule has 0 fully saturated rings. The van der Waals surface area contributed by atoms with E-state index in [4.69, 9.17) is 14.6 Å². The predicted molar refractivity (Wildman–Crippen MR) is 65.2 cm³/mol. The van der Waals surface area contributed by atoms with Crippen molar-refractivity contribution in [3.05, 3.63) is 47.3 Å². The van der Waals surface area contributed by atoms with Gasteiger partial charge in [-0.05, 0) is 32.2 Å². The van der Waals surface area contributed by atoms with E-state index in [9.17, 15) is 0 Å². The molecule has 2 N–H and O–H groups in total. The zero-order valence-electron chi connectivity index (χ0n) is 10.3. The summed E-state index contributed by atoms with van der Waals surface area (Å²) in [7, 11) is 2.03. The lowest BCUT2D eigenvalue weighted by molar-refractivity contribution is 0.263. The van der Waals surface area contributed by atoms with Crippen LogP contribution in [0.1, 0.15) is 22.8 Å². The first kappa shape index (κ1) is 12.0. The van der Waals surface area contributed by atoms with Crippen molar-refractivity contribution < 1.29 is 8.83 Å². The summed E-state index contributed by atoms with van der Waals surface area (Å²) in [4.78, 5) is 2.14. The van der Waals surface area contributed by atoms with Gasteiger partial charge in [-0.2, -0.15) is 0 Å². The molecule has 0 radical (unpaired) electrons. The number of nitrogens with zero attached hydrogens (tertiary/aromatic N) is 1. The van der Waals surface area contributed by atoms with Gasteiger partial charge in [-0.25, -0.2) is 0 Å². The van der Waals surface area contributed by atoms with Gasteiger partial charge in [0.25, 0.3) is 0 Å². The Morgan fingerprint density at radius 3 is 2.59 bits per heavy atom. The summed E-state index contributed by atoms with van der Waals surface area (Å²) in [6.45, 7) is 3.99. The second-order valence-electron chi connectivity index (χ2n) is 4.31. The molecule has 92 valence electrons. The average Bonchev–Trinajstić information content (AvgIpc) is 2.88. The van der Waals surface area contributed by atoms with Crippen LogP contribution in [0.2, 0.25) is 0 Å². The Bertz CT molecular complexity index is 473.